The molecule has 0 saturated heterocycles. The third kappa shape index (κ3) is 2.98. The molecule has 2 aliphatic rings. The Balaban J connectivity index is 1.81. The summed E-state index contributed by atoms with van der Waals surface area (Å²) in [5.74, 6) is 0.140. The Hall–Kier alpha value is -1.35. The molecule has 0 heterocycles. The van der Waals surface area contributed by atoms with Crippen molar-refractivity contribution in [3.63, 3.8) is 0 Å². The summed E-state index contributed by atoms with van der Waals surface area (Å²) in [5, 5.41) is 3.19. The van der Waals surface area contributed by atoms with E-state index in [1.165, 1.54) is 12.0 Å². The van der Waals surface area contributed by atoms with Gasteiger partial charge in [0.1, 0.15) is 0 Å². The first-order valence-electron chi connectivity index (χ1n) is 8.09. The Morgan fingerprint density at radius 2 is 2.00 bits per heavy atom. The van der Waals surface area contributed by atoms with E-state index in [-0.39, 0.29) is 11.4 Å². The molecular weight excluding hydrogens is 260 g/mol. The molecule has 3 N–H and O–H groups in total. The van der Waals surface area contributed by atoms with Crippen LogP contribution < -0.4 is 11.1 Å². The number of hydrogen-bond donors (Lipinski definition) is 2. The Bertz CT molecular complexity index is 542. The van der Waals surface area contributed by atoms with Crippen molar-refractivity contribution < 1.29 is 4.79 Å². The lowest BCUT2D eigenvalue weighted by molar-refractivity contribution is -0.126. The molecular formula is C18H26N2O. The Morgan fingerprint density at radius 1 is 1.33 bits per heavy atom. The van der Waals surface area contributed by atoms with E-state index in [0.29, 0.717) is 6.04 Å². The van der Waals surface area contributed by atoms with Crippen molar-refractivity contribution >= 4 is 5.91 Å². The highest BCUT2D eigenvalue weighted by Gasteiger charge is 2.40. The minimum absolute atomic E-state index is 0.0311. The van der Waals surface area contributed by atoms with Gasteiger partial charge in [0, 0.05) is 11.6 Å². The maximum Gasteiger partial charge on any atom is 0.230 e. The lowest BCUT2D eigenvalue weighted by atomic mass is 9.78. The van der Waals surface area contributed by atoms with Gasteiger partial charge in [-0.25, -0.2) is 0 Å². The topological polar surface area (TPSA) is 55.1 Å². The van der Waals surface area contributed by atoms with Crippen LogP contribution in [0.3, 0.4) is 0 Å². The summed E-state index contributed by atoms with van der Waals surface area (Å²) in [6.45, 7) is 4.05. The quantitative estimate of drug-likeness (QED) is 0.874. The fourth-order valence-electron chi connectivity index (χ4n) is 3.04. The highest BCUT2D eigenvalue weighted by molar-refractivity contribution is 5.88. The van der Waals surface area contributed by atoms with E-state index in [0.717, 1.165) is 37.7 Å². The van der Waals surface area contributed by atoms with Crippen LogP contribution in [0, 0.1) is 0 Å². The van der Waals surface area contributed by atoms with Gasteiger partial charge in [0.2, 0.25) is 5.91 Å². The molecule has 0 aromatic heterocycles. The molecule has 1 aromatic carbocycles. The third-order valence-electron chi connectivity index (χ3n) is 5.13. The Morgan fingerprint density at radius 3 is 2.57 bits per heavy atom. The number of nitrogens with two attached hydrogens (primary N) is 1. The van der Waals surface area contributed by atoms with Gasteiger partial charge in [-0.2, -0.15) is 0 Å². The summed E-state index contributed by atoms with van der Waals surface area (Å²) in [5.41, 5.74) is 8.10. The van der Waals surface area contributed by atoms with Gasteiger partial charge >= 0.3 is 0 Å². The van der Waals surface area contributed by atoms with Crippen molar-refractivity contribution in [2.75, 3.05) is 0 Å². The molecule has 1 aromatic rings. The van der Waals surface area contributed by atoms with Crippen LogP contribution in [0.25, 0.3) is 0 Å². The number of nitrogens with one attached hydrogen (secondary N) is 1. The fourth-order valence-corrected chi connectivity index (χ4v) is 3.04. The smallest absolute Gasteiger partial charge is 0.230 e. The van der Waals surface area contributed by atoms with Crippen molar-refractivity contribution in [1.82, 2.24) is 5.32 Å². The standard InChI is InChI=1S/C18H26N2O/c1-17(2,16(21)20-14-7-5-8-14)15-9-4-3-6-13(15)12-18(19)10-11-18/h3-4,6,9,14H,5,7-8,10-12,19H2,1-2H3,(H,20,21). The fraction of sp³-hybridized carbons (Fsp3) is 0.611. The minimum atomic E-state index is -0.503. The van der Waals surface area contributed by atoms with Crippen LogP contribution in [-0.4, -0.2) is 17.5 Å². The zero-order valence-electron chi connectivity index (χ0n) is 13.1. The van der Waals surface area contributed by atoms with Gasteiger partial charge in [0.05, 0.1) is 5.41 Å². The zero-order valence-corrected chi connectivity index (χ0v) is 13.1. The molecule has 3 nitrogen and oxygen atoms in total. The Kier molecular flexibility index (Phi) is 3.56. The van der Waals surface area contributed by atoms with E-state index in [1.54, 1.807) is 0 Å². The molecule has 3 heteroatoms. The molecule has 2 fully saturated rings. The van der Waals surface area contributed by atoms with Crippen LogP contribution in [0.1, 0.15) is 57.1 Å². The maximum atomic E-state index is 12.7. The van der Waals surface area contributed by atoms with Gasteiger partial charge in [-0.05, 0) is 63.5 Å². The average Bonchev–Trinajstić information content (AvgIpc) is 3.11. The van der Waals surface area contributed by atoms with Crippen LogP contribution in [0.5, 0.6) is 0 Å². The summed E-state index contributed by atoms with van der Waals surface area (Å²) in [7, 11) is 0. The maximum absolute atomic E-state index is 12.7. The van der Waals surface area contributed by atoms with Crippen molar-refractivity contribution in [2.24, 2.45) is 5.73 Å². The summed E-state index contributed by atoms with van der Waals surface area (Å²) in [6, 6.07) is 8.66. The molecule has 1 amide bonds. The second-order valence-electron chi connectivity index (χ2n) is 7.42. The third-order valence-corrected chi connectivity index (χ3v) is 5.13. The summed E-state index contributed by atoms with van der Waals surface area (Å²) in [4.78, 5) is 12.7. The molecule has 0 unspecified atom stereocenters. The molecule has 0 bridgehead atoms. The van der Waals surface area contributed by atoms with Gasteiger partial charge in [-0.15, -0.1) is 0 Å². The van der Waals surface area contributed by atoms with Crippen molar-refractivity contribution in [2.45, 2.75) is 69.4 Å². The van der Waals surface area contributed by atoms with E-state index >= 15 is 0 Å². The van der Waals surface area contributed by atoms with Crippen molar-refractivity contribution in [3.05, 3.63) is 35.4 Å². The van der Waals surface area contributed by atoms with Crippen molar-refractivity contribution in [1.29, 1.82) is 0 Å². The minimum Gasteiger partial charge on any atom is -0.353 e. The normalized spacial score (nSPS) is 20.7. The largest absolute Gasteiger partial charge is 0.353 e. The van der Waals surface area contributed by atoms with E-state index in [1.807, 2.05) is 26.0 Å². The second kappa shape index (κ2) is 5.13. The van der Waals surface area contributed by atoms with Crippen LogP contribution in [-0.2, 0) is 16.6 Å². The molecule has 0 aliphatic heterocycles. The SMILES string of the molecule is CC(C)(C(=O)NC1CCC1)c1ccccc1CC1(N)CC1. The lowest BCUT2D eigenvalue weighted by Crippen LogP contribution is -2.48. The van der Waals surface area contributed by atoms with Crippen LogP contribution in [0.15, 0.2) is 24.3 Å². The predicted octanol–water partition coefficient (Wildman–Crippen LogP) is 2.67. The highest BCUT2D eigenvalue weighted by atomic mass is 16.2. The van der Waals surface area contributed by atoms with Gasteiger partial charge in [0.15, 0.2) is 0 Å². The number of amides is 1. The second-order valence-corrected chi connectivity index (χ2v) is 7.42. The molecule has 0 radical (unpaired) electrons. The summed E-state index contributed by atoms with van der Waals surface area (Å²) < 4.78 is 0. The van der Waals surface area contributed by atoms with E-state index in [4.69, 9.17) is 5.73 Å². The lowest BCUT2D eigenvalue weighted by Gasteiger charge is -2.33. The average molecular weight is 286 g/mol. The van der Waals surface area contributed by atoms with Crippen molar-refractivity contribution in [3.8, 4) is 0 Å². The summed E-state index contributed by atoms with van der Waals surface area (Å²) in [6.07, 6.45) is 6.54. The van der Waals surface area contributed by atoms with Crippen LogP contribution >= 0.6 is 0 Å². The first-order chi connectivity index (χ1) is 9.91. The molecule has 114 valence electrons. The highest BCUT2D eigenvalue weighted by Crippen LogP contribution is 2.38. The van der Waals surface area contributed by atoms with Gasteiger partial charge in [-0.3, -0.25) is 4.79 Å². The number of benzene rings is 1. The van der Waals surface area contributed by atoms with Crippen LogP contribution in [0.4, 0.5) is 0 Å². The number of carbonyl (C=O) groups excluding carboxylic acids is 1. The molecule has 2 aliphatic carbocycles. The van der Waals surface area contributed by atoms with E-state index in [2.05, 4.69) is 17.4 Å². The molecule has 0 atom stereocenters. The van der Waals surface area contributed by atoms with Gasteiger partial charge in [0.25, 0.3) is 0 Å². The first kappa shape index (κ1) is 14.6. The number of rotatable bonds is 5. The predicted molar refractivity (Wildman–Crippen MR) is 85.1 cm³/mol. The Labute approximate surface area is 127 Å². The molecule has 21 heavy (non-hydrogen) atoms. The van der Waals surface area contributed by atoms with E-state index in [9.17, 15) is 4.79 Å². The van der Waals surface area contributed by atoms with Crippen LogP contribution in [0.2, 0.25) is 0 Å². The molecule has 0 spiro atoms. The van der Waals surface area contributed by atoms with Gasteiger partial charge in [-0.1, -0.05) is 24.3 Å². The zero-order chi connectivity index (χ0) is 15.1. The van der Waals surface area contributed by atoms with Gasteiger partial charge < -0.3 is 11.1 Å². The number of hydrogen-bond acceptors (Lipinski definition) is 2. The molecule has 3 rings (SSSR count). The summed E-state index contributed by atoms with van der Waals surface area (Å²) >= 11 is 0. The van der Waals surface area contributed by atoms with E-state index < -0.39 is 5.41 Å². The number of carbonyl (C=O) groups is 1. The first-order valence-corrected chi connectivity index (χ1v) is 8.09. The molecule has 2 saturated carbocycles. The monoisotopic (exact) mass is 286 g/mol.